The lowest BCUT2D eigenvalue weighted by Gasteiger charge is -2.61. The van der Waals surface area contributed by atoms with Crippen LogP contribution in [0.25, 0.3) is 0 Å². The topological polar surface area (TPSA) is 37.3 Å². The fourth-order valence-electron chi connectivity index (χ4n) is 9.20. The van der Waals surface area contributed by atoms with Crippen molar-refractivity contribution >= 4 is 5.78 Å². The number of aliphatic hydroxyl groups excluding tert-OH is 1. The van der Waals surface area contributed by atoms with Crippen molar-refractivity contribution in [2.45, 2.75) is 119 Å². The lowest BCUT2D eigenvalue weighted by atomic mass is 9.43. The van der Waals surface area contributed by atoms with E-state index in [0.29, 0.717) is 30.0 Å². The molecule has 0 aliphatic heterocycles. The van der Waals surface area contributed by atoms with Gasteiger partial charge in [0.15, 0.2) is 0 Å². The number of carbonyl (C=O) groups is 1. The summed E-state index contributed by atoms with van der Waals surface area (Å²) in [7, 11) is 0. The van der Waals surface area contributed by atoms with Crippen LogP contribution >= 0.6 is 0 Å². The lowest BCUT2D eigenvalue weighted by Crippen LogP contribution is -2.57. The Labute approximate surface area is 197 Å². The van der Waals surface area contributed by atoms with Crippen molar-refractivity contribution in [3.05, 3.63) is 22.8 Å². The van der Waals surface area contributed by atoms with E-state index in [9.17, 15) is 9.90 Å². The summed E-state index contributed by atoms with van der Waals surface area (Å²) in [4.78, 5) is 14.1. The first-order valence-corrected chi connectivity index (χ1v) is 13.4. The largest absolute Gasteiger partial charge is 0.393 e. The van der Waals surface area contributed by atoms with E-state index in [0.717, 1.165) is 25.7 Å². The smallest absolute Gasteiger partial charge is 0.143 e. The summed E-state index contributed by atoms with van der Waals surface area (Å²) in [5.74, 6) is 2.06. The lowest BCUT2D eigenvalue weighted by molar-refractivity contribution is -0.140. The average molecular weight is 441 g/mol. The Hall–Kier alpha value is -0.890. The van der Waals surface area contributed by atoms with Crippen molar-refractivity contribution in [2.75, 3.05) is 0 Å². The minimum absolute atomic E-state index is 0.0152. The Morgan fingerprint density at radius 3 is 2.41 bits per heavy atom. The van der Waals surface area contributed by atoms with E-state index in [4.69, 9.17) is 0 Å². The van der Waals surface area contributed by atoms with Gasteiger partial charge < -0.3 is 5.11 Å². The summed E-state index contributed by atoms with van der Waals surface area (Å²) in [5, 5.41) is 10.8. The van der Waals surface area contributed by atoms with Crippen LogP contribution in [-0.4, -0.2) is 17.0 Å². The van der Waals surface area contributed by atoms with E-state index in [2.05, 4.69) is 61.5 Å². The molecule has 0 aromatic heterocycles. The van der Waals surface area contributed by atoms with Crippen molar-refractivity contribution in [1.82, 2.24) is 0 Å². The maximum absolute atomic E-state index is 14.1. The van der Waals surface area contributed by atoms with Gasteiger partial charge in [-0.2, -0.15) is 0 Å². The van der Waals surface area contributed by atoms with Crippen LogP contribution in [0.15, 0.2) is 22.8 Å². The zero-order valence-corrected chi connectivity index (χ0v) is 22.1. The Bertz CT molecular complexity index is 843. The molecular formula is C30H48O2. The maximum Gasteiger partial charge on any atom is 0.143 e. The first-order valence-electron chi connectivity index (χ1n) is 13.4. The highest BCUT2D eigenvalue weighted by atomic mass is 16.3. The average Bonchev–Trinajstić information content (AvgIpc) is 2.99. The number of allylic oxidation sites excluding steroid dienone is 4. The monoisotopic (exact) mass is 440 g/mol. The fourth-order valence-corrected chi connectivity index (χ4v) is 9.20. The summed E-state index contributed by atoms with van der Waals surface area (Å²) in [6, 6.07) is 0. The van der Waals surface area contributed by atoms with E-state index >= 15 is 0 Å². The Morgan fingerprint density at radius 1 is 1.06 bits per heavy atom. The Balaban J connectivity index is 1.71. The van der Waals surface area contributed by atoms with Gasteiger partial charge in [0.05, 0.1) is 6.10 Å². The molecule has 4 aliphatic carbocycles. The fraction of sp³-hybridized carbons (Fsp3) is 0.833. The minimum Gasteiger partial charge on any atom is -0.393 e. The second-order valence-electron chi connectivity index (χ2n) is 13.5. The van der Waals surface area contributed by atoms with Crippen molar-refractivity contribution in [3.8, 4) is 0 Å². The number of fused-ring (bicyclic) bond motifs is 4. The number of hydrogen-bond acceptors (Lipinski definition) is 2. The summed E-state index contributed by atoms with van der Waals surface area (Å²) >= 11 is 0. The third-order valence-electron chi connectivity index (χ3n) is 11.5. The van der Waals surface area contributed by atoms with Crippen LogP contribution in [0.3, 0.4) is 0 Å². The van der Waals surface area contributed by atoms with Gasteiger partial charge in [-0.05, 0) is 93.8 Å². The Morgan fingerprint density at radius 2 is 1.75 bits per heavy atom. The number of hydrogen-bond donors (Lipinski definition) is 1. The molecule has 0 bridgehead atoms. The molecule has 0 radical (unpaired) electrons. The first-order chi connectivity index (χ1) is 14.8. The third-order valence-corrected chi connectivity index (χ3v) is 11.5. The molecule has 32 heavy (non-hydrogen) atoms. The summed E-state index contributed by atoms with van der Waals surface area (Å²) in [5.41, 5.74) is 4.34. The molecule has 2 nitrogen and oxygen atoms in total. The van der Waals surface area contributed by atoms with Gasteiger partial charge in [-0.15, -0.1) is 0 Å². The molecule has 0 aromatic carbocycles. The second-order valence-corrected chi connectivity index (χ2v) is 13.5. The van der Waals surface area contributed by atoms with Crippen molar-refractivity contribution in [1.29, 1.82) is 0 Å². The van der Waals surface area contributed by atoms with E-state index in [1.165, 1.54) is 36.8 Å². The molecule has 180 valence electrons. The summed E-state index contributed by atoms with van der Waals surface area (Å²) in [6.45, 7) is 18.5. The van der Waals surface area contributed by atoms with Crippen LogP contribution in [-0.2, 0) is 4.79 Å². The second kappa shape index (κ2) is 7.82. The van der Waals surface area contributed by atoms with Gasteiger partial charge in [-0.1, -0.05) is 64.3 Å². The molecule has 0 aromatic rings. The number of ketones is 1. The molecule has 2 heteroatoms. The molecule has 0 amide bonds. The van der Waals surface area contributed by atoms with Crippen molar-refractivity contribution in [3.63, 3.8) is 0 Å². The predicted molar refractivity (Wildman–Crippen MR) is 133 cm³/mol. The highest BCUT2D eigenvalue weighted by molar-refractivity contribution is 5.91. The van der Waals surface area contributed by atoms with Gasteiger partial charge >= 0.3 is 0 Å². The first kappa shape index (κ1) is 24.2. The number of aliphatic hydroxyl groups is 1. The predicted octanol–water partition coefficient (Wildman–Crippen LogP) is 7.66. The number of Topliss-reactive ketones (excluding diaryl/α,β-unsaturated/α-hetero) is 1. The molecule has 2 saturated carbocycles. The van der Waals surface area contributed by atoms with Gasteiger partial charge in [0.2, 0.25) is 0 Å². The quantitative estimate of drug-likeness (QED) is 0.456. The molecule has 1 unspecified atom stereocenters. The van der Waals surface area contributed by atoms with Gasteiger partial charge in [-0.3, -0.25) is 4.79 Å². The SMILES string of the molecule is CC(C)=CCC[C@@H](C)[C@H]1CC[C@@]2(C)C3=C(CC(=O)[C@]12C)[C@@]1(C)CCC(O)C(C)(C)[C@@H]1CC3. The minimum atomic E-state index is -0.222. The molecule has 2 fully saturated rings. The molecule has 0 saturated heterocycles. The van der Waals surface area contributed by atoms with Crippen LogP contribution in [0.1, 0.15) is 113 Å². The zero-order chi connectivity index (χ0) is 23.7. The molecule has 0 heterocycles. The van der Waals surface area contributed by atoms with Gasteiger partial charge in [0.25, 0.3) is 0 Å². The van der Waals surface area contributed by atoms with Gasteiger partial charge in [0, 0.05) is 17.3 Å². The van der Waals surface area contributed by atoms with Crippen LogP contribution in [0.4, 0.5) is 0 Å². The van der Waals surface area contributed by atoms with Gasteiger partial charge in [0.1, 0.15) is 5.78 Å². The highest BCUT2D eigenvalue weighted by Crippen LogP contribution is 2.71. The highest BCUT2D eigenvalue weighted by Gasteiger charge is 2.66. The summed E-state index contributed by atoms with van der Waals surface area (Å²) < 4.78 is 0. The zero-order valence-electron chi connectivity index (χ0n) is 22.1. The van der Waals surface area contributed by atoms with Crippen LogP contribution in [0, 0.1) is 39.4 Å². The van der Waals surface area contributed by atoms with E-state index in [1.54, 1.807) is 5.57 Å². The van der Waals surface area contributed by atoms with E-state index < -0.39 is 0 Å². The number of carbonyl (C=O) groups excluding carboxylic acids is 1. The normalized spacial score (nSPS) is 43.9. The third kappa shape index (κ3) is 3.18. The van der Waals surface area contributed by atoms with Crippen molar-refractivity contribution < 1.29 is 9.90 Å². The number of rotatable bonds is 4. The van der Waals surface area contributed by atoms with E-state index in [1.807, 2.05) is 0 Å². The maximum atomic E-state index is 14.1. The molecule has 7 atom stereocenters. The Kier molecular flexibility index (Phi) is 5.93. The van der Waals surface area contributed by atoms with Crippen LogP contribution in [0.2, 0.25) is 0 Å². The van der Waals surface area contributed by atoms with Gasteiger partial charge in [-0.25, -0.2) is 0 Å². The van der Waals surface area contributed by atoms with Crippen molar-refractivity contribution in [2.24, 2.45) is 39.4 Å². The molecule has 4 aliphatic rings. The summed E-state index contributed by atoms with van der Waals surface area (Å²) in [6.07, 6.45) is 11.7. The molecular weight excluding hydrogens is 392 g/mol. The molecule has 4 rings (SSSR count). The van der Waals surface area contributed by atoms with E-state index in [-0.39, 0.29) is 27.8 Å². The van der Waals surface area contributed by atoms with Crippen LogP contribution < -0.4 is 0 Å². The molecule has 1 N–H and O–H groups in total. The molecule has 0 spiro atoms. The van der Waals surface area contributed by atoms with Crippen LogP contribution in [0.5, 0.6) is 0 Å². The standard InChI is InChI=1S/C30H48O2/c1-19(2)10-9-11-20(3)21-14-17-29(7)22-12-13-24-27(4,5)25(31)15-16-28(24,6)23(22)18-26(32)30(21,29)8/h10,20-21,24-25,31H,9,11-18H2,1-8H3/t20-,21-,24+,25?,28-,29+,30+/m1/s1.